The zero-order valence-corrected chi connectivity index (χ0v) is 16.6. The summed E-state index contributed by atoms with van der Waals surface area (Å²) in [5.41, 5.74) is 1.16. The Hall–Kier alpha value is -2.32. The maximum absolute atomic E-state index is 14.1. The number of halogens is 2. The van der Waals surface area contributed by atoms with Gasteiger partial charge in [-0.05, 0) is 33.2 Å². The maximum Gasteiger partial charge on any atom is 0.264 e. The molecule has 0 saturated heterocycles. The summed E-state index contributed by atoms with van der Waals surface area (Å²) in [6, 6.07) is 5.29. The van der Waals surface area contributed by atoms with E-state index in [2.05, 4.69) is 5.10 Å². The smallest absolute Gasteiger partial charge is 0.264 e. The van der Waals surface area contributed by atoms with Gasteiger partial charge in [-0.1, -0.05) is 6.07 Å². The Bertz CT molecular complexity index is 945. The van der Waals surface area contributed by atoms with Crippen molar-refractivity contribution in [3.63, 3.8) is 0 Å². The van der Waals surface area contributed by atoms with Crippen LogP contribution >= 0.6 is 11.3 Å². The Kier molecular flexibility index (Phi) is 5.57. The average molecular weight is 392 g/mol. The Balaban J connectivity index is 1.90. The third kappa shape index (κ3) is 4.17. The fourth-order valence-electron chi connectivity index (χ4n) is 2.90. The van der Waals surface area contributed by atoms with Crippen molar-refractivity contribution in [1.82, 2.24) is 19.6 Å². The lowest BCUT2D eigenvalue weighted by Gasteiger charge is -2.24. The van der Waals surface area contributed by atoms with Crippen LogP contribution in [0.4, 0.5) is 8.78 Å². The summed E-state index contributed by atoms with van der Waals surface area (Å²) in [6.07, 6.45) is 0. The lowest BCUT2D eigenvalue weighted by atomic mass is 10.2. The molecular formula is C19H22F2N4OS. The first-order chi connectivity index (χ1) is 12.8. The van der Waals surface area contributed by atoms with E-state index in [0.717, 1.165) is 22.0 Å². The van der Waals surface area contributed by atoms with E-state index in [0.29, 0.717) is 23.5 Å². The molecule has 2 heterocycles. The first-order valence-electron chi connectivity index (χ1n) is 8.57. The van der Waals surface area contributed by atoms with Crippen molar-refractivity contribution in [1.29, 1.82) is 0 Å². The molecule has 0 radical (unpaired) electrons. The number of rotatable bonds is 6. The number of carbonyl (C=O) groups is 1. The van der Waals surface area contributed by atoms with Crippen molar-refractivity contribution in [2.24, 2.45) is 7.05 Å². The number of benzene rings is 1. The standard InChI is InChI=1S/C19H22F2N4OS/c1-12-15-10-17(27-19(15)24(4)22-12)18(26)25(8-7-23(2)3)11-13-5-6-14(20)9-16(13)21/h5-6,9-10H,7-8,11H2,1-4H3. The third-order valence-electron chi connectivity index (χ3n) is 4.39. The minimum Gasteiger partial charge on any atom is -0.332 e. The van der Waals surface area contributed by atoms with Gasteiger partial charge < -0.3 is 9.80 Å². The summed E-state index contributed by atoms with van der Waals surface area (Å²) in [5.74, 6) is -1.44. The number of hydrogen-bond acceptors (Lipinski definition) is 4. The van der Waals surface area contributed by atoms with Gasteiger partial charge in [0.2, 0.25) is 0 Å². The molecule has 144 valence electrons. The molecule has 1 aromatic carbocycles. The van der Waals surface area contributed by atoms with Gasteiger partial charge in [-0.25, -0.2) is 8.78 Å². The zero-order chi connectivity index (χ0) is 19.7. The van der Waals surface area contributed by atoms with Gasteiger partial charge in [0.25, 0.3) is 5.91 Å². The van der Waals surface area contributed by atoms with E-state index in [1.807, 2.05) is 39.0 Å². The number of aromatic nitrogens is 2. The number of hydrogen-bond donors (Lipinski definition) is 0. The molecular weight excluding hydrogens is 370 g/mol. The topological polar surface area (TPSA) is 41.4 Å². The molecule has 3 rings (SSSR count). The van der Waals surface area contributed by atoms with E-state index in [-0.39, 0.29) is 12.5 Å². The van der Waals surface area contributed by atoms with Crippen LogP contribution in [0.25, 0.3) is 10.2 Å². The molecule has 3 aromatic rings. The molecule has 0 spiro atoms. The van der Waals surface area contributed by atoms with Crippen molar-refractivity contribution in [2.45, 2.75) is 13.5 Å². The van der Waals surface area contributed by atoms with Crippen LogP contribution in [0, 0.1) is 18.6 Å². The first kappa shape index (κ1) is 19.4. The van der Waals surface area contributed by atoms with Gasteiger partial charge in [0.1, 0.15) is 16.5 Å². The summed E-state index contributed by atoms with van der Waals surface area (Å²) in [6.45, 7) is 3.07. The zero-order valence-electron chi connectivity index (χ0n) is 15.8. The van der Waals surface area contributed by atoms with Crippen LogP contribution in [0.3, 0.4) is 0 Å². The van der Waals surface area contributed by atoms with Crippen LogP contribution in [0.15, 0.2) is 24.3 Å². The molecule has 0 unspecified atom stereocenters. The highest BCUT2D eigenvalue weighted by Gasteiger charge is 2.22. The molecule has 0 aliphatic heterocycles. The largest absolute Gasteiger partial charge is 0.332 e. The van der Waals surface area contributed by atoms with Crippen LogP contribution in [-0.2, 0) is 13.6 Å². The van der Waals surface area contributed by atoms with Crippen molar-refractivity contribution >= 4 is 27.5 Å². The maximum atomic E-state index is 14.1. The Morgan fingerprint density at radius 2 is 1.96 bits per heavy atom. The summed E-state index contributed by atoms with van der Waals surface area (Å²) in [4.78, 5) is 18.2. The fraction of sp³-hybridized carbons (Fsp3) is 0.368. The SMILES string of the molecule is Cc1nn(C)c2sc(C(=O)N(CCN(C)C)Cc3ccc(F)cc3F)cc12. The van der Waals surface area contributed by atoms with Crippen molar-refractivity contribution < 1.29 is 13.6 Å². The second kappa shape index (κ2) is 7.74. The highest BCUT2D eigenvalue weighted by Crippen LogP contribution is 2.29. The number of amides is 1. The van der Waals surface area contributed by atoms with E-state index in [9.17, 15) is 13.6 Å². The number of fused-ring (bicyclic) bond motifs is 1. The van der Waals surface area contributed by atoms with Crippen LogP contribution in [0.1, 0.15) is 20.9 Å². The van der Waals surface area contributed by atoms with Gasteiger partial charge in [-0.2, -0.15) is 5.10 Å². The summed E-state index contributed by atoms with van der Waals surface area (Å²) >= 11 is 1.37. The Morgan fingerprint density at radius 1 is 1.22 bits per heavy atom. The summed E-state index contributed by atoms with van der Waals surface area (Å²) in [7, 11) is 5.67. The van der Waals surface area contributed by atoms with Crippen molar-refractivity contribution in [3.05, 3.63) is 52.0 Å². The lowest BCUT2D eigenvalue weighted by molar-refractivity contribution is 0.0735. The molecule has 0 aliphatic rings. The highest BCUT2D eigenvalue weighted by atomic mass is 32.1. The normalized spacial score (nSPS) is 11.5. The minimum absolute atomic E-state index is 0.0876. The van der Waals surface area contributed by atoms with Crippen molar-refractivity contribution in [3.8, 4) is 0 Å². The monoisotopic (exact) mass is 392 g/mol. The van der Waals surface area contributed by atoms with Gasteiger partial charge in [-0.3, -0.25) is 9.48 Å². The molecule has 0 N–H and O–H groups in total. The molecule has 1 amide bonds. The van der Waals surface area contributed by atoms with Crippen LogP contribution < -0.4 is 0 Å². The van der Waals surface area contributed by atoms with Gasteiger partial charge in [0.05, 0.1) is 10.6 Å². The second-order valence-corrected chi connectivity index (χ2v) is 7.83. The lowest BCUT2D eigenvalue weighted by Crippen LogP contribution is -2.36. The van der Waals surface area contributed by atoms with Crippen LogP contribution in [0.2, 0.25) is 0 Å². The predicted molar refractivity (Wildman–Crippen MR) is 103 cm³/mol. The number of carbonyl (C=O) groups excluding carboxylic acids is 1. The van der Waals surface area contributed by atoms with Crippen molar-refractivity contribution in [2.75, 3.05) is 27.2 Å². The van der Waals surface area contributed by atoms with Gasteiger partial charge in [0, 0.05) is 43.7 Å². The molecule has 8 heteroatoms. The predicted octanol–water partition coefficient (Wildman–Crippen LogP) is 3.43. The van der Waals surface area contributed by atoms with E-state index < -0.39 is 11.6 Å². The average Bonchev–Trinajstić information content (AvgIpc) is 3.14. The van der Waals surface area contributed by atoms with E-state index in [4.69, 9.17) is 0 Å². The second-order valence-electron chi connectivity index (χ2n) is 6.80. The Labute approximate surface area is 160 Å². The number of thiophene rings is 1. The molecule has 0 bridgehead atoms. The summed E-state index contributed by atoms with van der Waals surface area (Å²) in [5, 5.41) is 5.30. The molecule has 5 nitrogen and oxygen atoms in total. The minimum atomic E-state index is -0.644. The fourth-order valence-corrected chi connectivity index (χ4v) is 3.99. The van der Waals surface area contributed by atoms with E-state index >= 15 is 0 Å². The van der Waals surface area contributed by atoms with Gasteiger partial charge in [0.15, 0.2) is 0 Å². The Morgan fingerprint density at radius 3 is 2.59 bits per heavy atom. The van der Waals surface area contributed by atoms with Crippen LogP contribution in [-0.4, -0.2) is 52.7 Å². The molecule has 0 atom stereocenters. The quantitative estimate of drug-likeness (QED) is 0.645. The number of aryl methyl sites for hydroxylation is 2. The molecule has 0 saturated carbocycles. The first-order valence-corrected chi connectivity index (χ1v) is 9.39. The summed E-state index contributed by atoms with van der Waals surface area (Å²) < 4.78 is 29.0. The molecule has 27 heavy (non-hydrogen) atoms. The third-order valence-corrected chi connectivity index (χ3v) is 5.58. The molecule has 0 aliphatic carbocycles. The molecule has 0 fully saturated rings. The van der Waals surface area contributed by atoms with E-state index in [1.54, 1.807) is 9.58 Å². The number of likely N-dealkylation sites (N-methyl/N-ethyl adjacent to an activating group) is 1. The van der Waals surface area contributed by atoms with Gasteiger partial charge >= 0.3 is 0 Å². The van der Waals surface area contributed by atoms with Gasteiger partial charge in [-0.15, -0.1) is 11.3 Å². The van der Waals surface area contributed by atoms with Crippen LogP contribution in [0.5, 0.6) is 0 Å². The number of nitrogens with zero attached hydrogens (tertiary/aromatic N) is 4. The molecule has 2 aromatic heterocycles. The van der Waals surface area contributed by atoms with E-state index in [1.165, 1.54) is 23.5 Å². The highest BCUT2D eigenvalue weighted by molar-refractivity contribution is 7.20.